The Hall–Kier alpha value is -1.06. The van der Waals surface area contributed by atoms with Crippen molar-refractivity contribution in [3.8, 4) is 6.07 Å². The van der Waals surface area contributed by atoms with E-state index >= 15 is 0 Å². The molecule has 0 aliphatic carbocycles. The van der Waals surface area contributed by atoms with Gasteiger partial charge in [-0.3, -0.25) is 0 Å². The molecule has 0 rings (SSSR count). The molecule has 0 unspecified atom stereocenters. The summed E-state index contributed by atoms with van der Waals surface area (Å²) < 4.78 is 0. The van der Waals surface area contributed by atoms with E-state index in [1.165, 1.54) is 5.94 Å². The minimum Gasteiger partial charge on any atom is -0.232 e. The Morgan fingerprint density at radius 2 is 2.43 bits per heavy atom. The van der Waals surface area contributed by atoms with Crippen molar-refractivity contribution in [2.24, 2.45) is 0 Å². The smallest absolute Gasteiger partial charge is 0.139 e. The van der Waals surface area contributed by atoms with Crippen LogP contribution in [0, 0.1) is 11.3 Å². The van der Waals surface area contributed by atoms with E-state index in [4.69, 9.17) is 5.26 Å². The summed E-state index contributed by atoms with van der Waals surface area (Å²) in [5.74, 6) is 1.51. The van der Waals surface area contributed by atoms with E-state index in [0.29, 0.717) is 6.42 Å². The van der Waals surface area contributed by atoms with E-state index in [1.54, 1.807) is 13.0 Å². The van der Waals surface area contributed by atoms with Crippen molar-refractivity contribution < 1.29 is 4.79 Å². The van der Waals surface area contributed by atoms with Crippen molar-refractivity contribution in [1.82, 2.24) is 0 Å². The summed E-state index contributed by atoms with van der Waals surface area (Å²) >= 11 is 0. The molecule has 0 aromatic heterocycles. The summed E-state index contributed by atoms with van der Waals surface area (Å²) in [5, 5.41) is 7.98. The molecule has 0 aromatic carbocycles. The van der Waals surface area contributed by atoms with Gasteiger partial charge in [-0.2, -0.15) is 5.26 Å². The van der Waals surface area contributed by atoms with Gasteiger partial charge in [-0.05, 0) is 6.42 Å². The first-order chi connectivity index (χ1) is 3.35. The number of nitrogens with zero attached hydrogens (tertiary/aromatic N) is 1. The molecule has 0 heterocycles. The van der Waals surface area contributed by atoms with Crippen LogP contribution in [0.15, 0.2) is 5.57 Å². The summed E-state index contributed by atoms with van der Waals surface area (Å²) in [6.45, 7) is 1.74. The van der Waals surface area contributed by atoms with Crippen molar-refractivity contribution in [3.05, 3.63) is 5.57 Å². The topological polar surface area (TPSA) is 40.9 Å². The van der Waals surface area contributed by atoms with Gasteiger partial charge in [0.1, 0.15) is 17.6 Å². The van der Waals surface area contributed by atoms with Gasteiger partial charge in [0, 0.05) is 0 Å². The molecule has 0 atom stereocenters. The highest BCUT2D eigenvalue weighted by Gasteiger charge is 1.85. The summed E-state index contributed by atoms with van der Waals surface area (Å²) in [6, 6.07) is 1.69. The molecular weight excluding hydrogens is 90.1 g/mol. The van der Waals surface area contributed by atoms with Crippen molar-refractivity contribution in [1.29, 1.82) is 5.26 Å². The van der Waals surface area contributed by atoms with Crippen molar-refractivity contribution in [3.63, 3.8) is 0 Å². The molecule has 0 aromatic rings. The number of rotatable bonds is 1. The SMILES string of the molecule is CCC(=C=O)C#N. The van der Waals surface area contributed by atoms with Crippen molar-refractivity contribution in [2.75, 3.05) is 0 Å². The van der Waals surface area contributed by atoms with Gasteiger partial charge < -0.3 is 0 Å². The molecule has 0 aliphatic heterocycles. The standard InChI is InChI=1S/C5H5NO/c1-2-5(3-6)4-7/h2H2,1H3. The van der Waals surface area contributed by atoms with E-state index in [2.05, 4.69) is 0 Å². The number of hydrogen-bond donors (Lipinski definition) is 0. The maximum atomic E-state index is 9.58. The third-order valence-corrected chi connectivity index (χ3v) is 0.612. The first-order valence-electron chi connectivity index (χ1n) is 1.99. The molecule has 2 heteroatoms. The minimum absolute atomic E-state index is 0.181. The lowest BCUT2D eigenvalue weighted by atomic mass is 10.3. The van der Waals surface area contributed by atoms with E-state index in [-0.39, 0.29) is 5.57 Å². The van der Waals surface area contributed by atoms with Crippen LogP contribution in [0.1, 0.15) is 13.3 Å². The Labute approximate surface area is 42.1 Å². The summed E-state index contributed by atoms with van der Waals surface area (Å²) in [4.78, 5) is 9.58. The molecule has 36 valence electrons. The molecule has 0 N–H and O–H groups in total. The highest BCUT2D eigenvalue weighted by atomic mass is 16.1. The first kappa shape index (κ1) is 5.94. The molecule has 0 spiro atoms. The molecule has 0 bridgehead atoms. The second-order valence-electron chi connectivity index (χ2n) is 1.05. The average Bonchev–Trinajstić information content (AvgIpc) is 1.72. The van der Waals surface area contributed by atoms with Crippen LogP contribution in [-0.4, -0.2) is 5.94 Å². The fraction of sp³-hybridized carbons (Fsp3) is 0.400. The first-order valence-corrected chi connectivity index (χ1v) is 1.99. The predicted octanol–water partition coefficient (Wildman–Crippen LogP) is 0.678. The molecule has 7 heavy (non-hydrogen) atoms. The monoisotopic (exact) mass is 95.0 g/mol. The fourth-order valence-electron chi connectivity index (χ4n) is 0.174. The lowest BCUT2D eigenvalue weighted by Crippen LogP contribution is -1.71. The molecule has 0 saturated carbocycles. The van der Waals surface area contributed by atoms with Crippen LogP contribution in [0.4, 0.5) is 0 Å². The van der Waals surface area contributed by atoms with Crippen LogP contribution in [0.25, 0.3) is 0 Å². The number of carbonyl (C=O) groups excluding carboxylic acids is 1. The Morgan fingerprint density at radius 3 is 2.43 bits per heavy atom. The lowest BCUT2D eigenvalue weighted by molar-refractivity contribution is 0.567. The zero-order chi connectivity index (χ0) is 5.70. The number of hydrogen-bond acceptors (Lipinski definition) is 2. The van der Waals surface area contributed by atoms with Gasteiger partial charge in [0.25, 0.3) is 0 Å². The normalized spacial score (nSPS) is 6.29. The van der Waals surface area contributed by atoms with E-state index < -0.39 is 0 Å². The lowest BCUT2D eigenvalue weighted by Gasteiger charge is -1.73. The van der Waals surface area contributed by atoms with Crippen LogP contribution in [0.5, 0.6) is 0 Å². The second kappa shape index (κ2) is 3.14. The molecular formula is C5H5NO. The van der Waals surface area contributed by atoms with Gasteiger partial charge in [-0.1, -0.05) is 6.92 Å². The van der Waals surface area contributed by atoms with Gasteiger partial charge in [0.2, 0.25) is 0 Å². The van der Waals surface area contributed by atoms with E-state index in [0.717, 1.165) is 0 Å². The van der Waals surface area contributed by atoms with Gasteiger partial charge in [0.05, 0.1) is 0 Å². The van der Waals surface area contributed by atoms with Crippen LogP contribution >= 0.6 is 0 Å². The Bertz CT molecular complexity index is 137. The Balaban J connectivity index is 3.95. The van der Waals surface area contributed by atoms with E-state index in [1.807, 2.05) is 0 Å². The van der Waals surface area contributed by atoms with Crippen LogP contribution in [0.3, 0.4) is 0 Å². The second-order valence-corrected chi connectivity index (χ2v) is 1.05. The zero-order valence-corrected chi connectivity index (χ0v) is 4.06. The maximum Gasteiger partial charge on any atom is 0.139 e. The zero-order valence-electron chi connectivity index (χ0n) is 4.06. The molecule has 0 fully saturated rings. The third-order valence-electron chi connectivity index (χ3n) is 0.612. The van der Waals surface area contributed by atoms with E-state index in [9.17, 15) is 4.79 Å². The molecule has 2 nitrogen and oxygen atoms in total. The Kier molecular flexibility index (Phi) is 2.67. The summed E-state index contributed by atoms with van der Waals surface area (Å²) in [6.07, 6.45) is 0.486. The summed E-state index contributed by atoms with van der Waals surface area (Å²) in [5.41, 5.74) is 0.181. The number of nitriles is 1. The summed E-state index contributed by atoms with van der Waals surface area (Å²) in [7, 11) is 0. The predicted molar refractivity (Wildman–Crippen MR) is 25.1 cm³/mol. The van der Waals surface area contributed by atoms with Gasteiger partial charge in [-0.15, -0.1) is 0 Å². The molecule has 0 radical (unpaired) electrons. The molecule has 0 saturated heterocycles. The maximum absolute atomic E-state index is 9.58. The van der Waals surface area contributed by atoms with Gasteiger partial charge in [-0.25, -0.2) is 4.79 Å². The molecule has 0 amide bonds. The van der Waals surface area contributed by atoms with Gasteiger partial charge in [0.15, 0.2) is 0 Å². The third kappa shape index (κ3) is 1.75. The van der Waals surface area contributed by atoms with Crippen LogP contribution < -0.4 is 0 Å². The highest BCUT2D eigenvalue weighted by Crippen LogP contribution is 1.88. The fourth-order valence-corrected chi connectivity index (χ4v) is 0.174. The average molecular weight is 95.1 g/mol. The number of allylic oxidation sites excluding steroid dienone is 1. The van der Waals surface area contributed by atoms with Crippen molar-refractivity contribution >= 4 is 5.94 Å². The highest BCUT2D eigenvalue weighted by molar-refractivity contribution is 5.58. The minimum atomic E-state index is 0.181. The van der Waals surface area contributed by atoms with Crippen molar-refractivity contribution in [2.45, 2.75) is 13.3 Å². The van der Waals surface area contributed by atoms with Gasteiger partial charge >= 0.3 is 0 Å². The Morgan fingerprint density at radius 1 is 1.86 bits per heavy atom. The van der Waals surface area contributed by atoms with Crippen LogP contribution in [0.2, 0.25) is 0 Å². The van der Waals surface area contributed by atoms with Crippen LogP contribution in [-0.2, 0) is 4.79 Å². The quantitative estimate of drug-likeness (QED) is 0.355. The largest absolute Gasteiger partial charge is 0.232 e. The molecule has 0 aliphatic rings.